The predicted octanol–water partition coefficient (Wildman–Crippen LogP) is 5.30. The molecule has 4 rings (SSSR count). The van der Waals surface area contributed by atoms with Crippen molar-refractivity contribution in [3.05, 3.63) is 102 Å². The molecule has 0 aliphatic carbocycles. The highest BCUT2D eigenvalue weighted by atomic mass is 35.5. The van der Waals surface area contributed by atoms with Crippen molar-refractivity contribution in [3.8, 4) is 11.5 Å². The molecule has 0 radical (unpaired) electrons. The molecule has 0 aliphatic rings. The zero-order chi connectivity index (χ0) is 30.5. The SMILES string of the molecule is COc1ccc(S(=O)(=O)N(CC(=O)Nc2ccc(S(=O)(=O)Nc3cccc(C)c3)cc2)c2ccc(Cl)cc2)cc1OC. The van der Waals surface area contributed by atoms with Gasteiger partial charge in [0.05, 0.1) is 29.7 Å². The molecule has 1 amide bonds. The lowest BCUT2D eigenvalue weighted by Gasteiger charge is -2.24. The number of nitrogens with zero attached hydrogens (tertiary/aromatic N) is 1. The van der Waals surface area contributed by atoms with Crippen molar-refractivity contribution in [1.82, 2.24) is 0 Å². The topological polar surface area (TPSA) is 131 Å². The van der Waals surface area contributed by atoms with Gasteiger partial charge in [0.2, 0.25) is 5.91 Å². The third-order valence-electron chi connectivity index (χ3n) is 6.06. The number of carbonyl (C=O) groups is 1. The van der Waals surface area contributed by atoms with Crippen molar-refractivity contribution in [2.24, 2.45) is 0 Å². The molecule has 0 bridgehead atoms. The van der Waals surface area contributed by atoms with Crippen molar-refractivity contribution in [1.29, 1.82) is 0 Å². The number of sulfonamides is 2. The maximum absolute atomic E-state index is 13.7. The molecule has 0 aliphatic heterocycles. The number of benzene rings is 4. The summed E-state index contributed by atoms with van der Waals surface area (Å²) >= 11 is 6.01. The van der Waals surface area contributed by atoms with Gasteiger partial charge in [-0.15, -0.1) is 0 Å². The largest absolute Gasteiger partial charge is 0.493 e. The maximum atomic E-state index is 13.7. The fourth-order valence-corrected chi connectivity index (χ4v) is 6.61. The van der Waals surface area contributed by atoms with Crippen LogP contribution < -0.4 is 23.8 Å². The van der Waals surface area contributed by atoms with Crippen LogP contribution in [0, 0.1) is 6.92 Å². The van der Waals surface area contributed by atoms with Crippen molar-refractivity contribution in [2.45, 2.75) is 16.7 Å². The third-order valence-corrected chi connectivity index (χ3v) is 9.48. The maximum Gasteiger partial charge on any atom is 0.264 e. The molecule has 0 atom stereocenters. The highest BCUT2D eigenvalue weighted by molar-refractivity contribution is 7.93. The van der Waals surface area contributed by atoms with Gasteiger partial charge in [0.1, 0.15) is 6.54 Å². The number of rotatable bonds is 11. The summed E-state index contributed by atoms with van der Waals surface area (Å²) < 4.78 is 67.0. The first-order chi connectivity index (χ1) is 19.9. The Morgan fingerprint density at radius 1 is 0.786 bits per heavy atom. The number of hydrogen-bond donors (Lipinski definition) is 2. The van der Waals surface area contributed by atoms with E-state index in [-0.39, 0.29) is 26.9 Å². The first-order valence-electron chi connectivity index (χ1n) is 12.4. The summed E-state index contributed by atoms with van der Waals surface area (Å²) in [5, 5.41) is 3.01. The first kappa shape index (κ1) is 30.7. The molecule has 0 aromatic heterocycles. The Hall–Kier alpha value is -4.26. The van der Waals surface area contributed by atoms with E-state index < -0.39 is 32.5 Å². The highest BCUT2D eigenvalue weighted by Crippen LogP contribution is 2.32. The van der Waals surface area contributed by atoms with Gasteiger partial charge < -0.3 is 14.8 Å². The van der Waals surface area contributed by atoms with Gasteiger partial charge in [-0.2, -0.15) is 0 Å². The van der Waals surface area contributed by atoms with Gasteiger partial charge >= 0.3 is 0 Å². The number of hydrogen-bond acceptors (Lipinski definition) is 7. The lowest BCUT2D eigenvalue weighted by Crippen LogP contribution is -2.38. The molecule has 42 heavy (non-hydrogen) atoms. The average molecular weight is 630 g/mol. The van der Waals surface area contributed by atoms with Gasteiger partial charge in [0.25, 0.3) is 20.0 Å². The minimum Gasteiger partial charge on any atom is -0.493 e. The number of anilines is 3. The zero-order valence-corrected chi connectivity index (χ0v) is 25.3. The second-order valence-corrected chi connectivity index (χ2v) is 13.0. The fraction of sp³-hybridized carbons (Fsp3) is 0.138. The lowest BCUT2D eigenvalue weighted by molar-refractivity contribution is -0.114. The van der Waals surface area contributed by atoms with Crippen molar-refractivity contribution in [2.75, 3.05) is 35.1 Å². The van der Waals surface area contributed by atoms with Crippen LogP contribution in [0.3, 0.4) is 0 Å². The molecule has 13 heteroatoms. The normalized spacial score (nSPS) is 11.4. The summed E-state index contributed by atoms with van der Waals surface area (Å²) in [5.41, 5.74) is 1.79. The fourth-order valence-electron chi connectivity index (χ4n) is 4.00. The van der Waals surface area contributed by atoms with E-state index in [1.807, 2.05) is 13.0 Å². The molecular weight excluding hydrogens is 602 g/mol. The number of methoxy groups -OCH3 is 2. The van der Waals surface area contributed by atoms with E-state index in [1.54, 1.807) is 18.2 Å². The van der Waals surface area contributed by atoms with E-state index in [2.05, 4.69) is 10.0 Å². The second-order valence-electron chi connectivity index (χ2n) is 9.05. The summed E-state index contributed by atoms with van der Waals surface area (Å²) in [6, 6.07) is 22.5. The molecule has 0 saturated carbocycles. The molecule has 0 spiro atoms. The molecule has 0 unspecified atom stereocenters. The molecule has 0 saturated heterocycles. The number of amides is 1. The van der Waals surface area contributed by atoms with Crippen LogP contribution in [0.15, 0.2) is 101 Å². The van der Waals surface area contributed by atoms with E-state index >= 15 is 0 Å². The Bertz CT molecular complexity index is 1800. The lowest BCUT2D eigenvalue weighted by atomic mass is 10.2. The van der Waals surface area contributed by atoms with Gasteiger partial charge in [-0.3, -0.25) is 13.8 Å². The van der Waals surface area contributed by atoms with Gasteiger partial charge in [-0.25, -0.2) is 16.8 Å². The zero-order valence-electron chi connectivity index (χ0n) is 22.9. The van der Waals surface area contributed by atoms with E-state index in [0.717, 1.165) is 9.87 Å². The molecule has 0 fully saturated rings. The van der Waals surface area contributed by atoms with E-state index in [9.17, 15) is 21.6 Å². The number of aryl methyl sites for hydroxylation is 1. The van der Waals surface area contributed by atoms with Gasteiger partial charge in [-0.1, -0.05) is 23.7 Å². The van der Waals surface area contributed by atoms with Crippen LogP contribution in [-0.2, 0) is 24.8 Å². The van der Waals surface area contributed by atoms with E-state index in [4.69, 9.17) is 21.1 Å². The average Bonchev–Trinajstić information content (AvgIpc) is 2.96. The number of nitrogens with one attached hydrogen (secondary N) is 2. The number of ether oxygens (including phenoxy) is 2. The van der Waals surface area contributed by atoms with Crippen molar-refractivity contribution in [3.63, 3.8) is 0 Å². The molecule has 4 aromatic rings. The summed E-state index contributed by atoms with van der Waals surface area (Å²) in [4.78, 5) is 13.0. The summed E-state index contributed by atoms with van der Waals surface area (Å²) in [5.74, 6) is -0.125. The van der Waals surface area contributed by atoms with Gasteiger partial charge in [-0.05, 0) is 85.3 Å². The van der Waals surface area contributed by atoms with Crippen LogP contribution >= 0.6 is 11.6 Å². The smallest absolute Gasteiger partial charge is 0.264 e. The summed E-state index contributed by atoms with van der Waals surface area (Å²) in [6.07, 6.45) is 0. The molecule has 4 aromatic carbocycles. The Kier molecular flexibility index (Phi) is 9.30. The van der Waals surface area contributed by atoms with E-state index in [1.165, 1.54) is 80.9 Å². The quantitative estimate of drug-likeness (QED) is 0.230. The predicted molar refractivity (Wildman–Crippen MR) is 163 cm³/mol. The van der Waals surface area contributed by atoms with Crippen molar-refractivity contribution < 1.29 is 31.1 Å². The highest BCUT2D eigenvalue weighted by Gasteiger charge is 2.28. The minimum atomic E-state index is -4.26. The summed E-state index contributed by atoms with van der Waals surface area (Å²) in [6.45, 7) is 1.26. The summed E-state index contributed by atoms with van der Waals surface area (Å²) in [7, 11) is -5.33. The number of halogens is 1. The third kappa shape index (κ3) is 7.14. The molecule has 220 valence electrons. The van der Waals surface area contributed by atoms with Crippen LogP contribution in [0.5, 0.6) is 11.5 Å². The van der Waals surface area contributed by atoms with Crippen LogP contribution in [0.2, 0.25) is 5.02 Å². The molecule has 10 nitrogen and oxygen atoms in total. The Balaban J connectivity index is 1.56. The van der Waals surface area contributed by atoms with Crippen molar-refractivity contribution >= 4 is 54.6 Å². The van der Waals surface area contributed by atoms with Crippen LogP contribution in [0.25, 0.3) is 0 Å². The van der Waals surface area contributed by atoms with Crippen LogP contribution in [-0.4, -0.2) is 43.5 Å². The van der Waals surface area contributed by atoms with Gasteiger partial charge in [0.15, 0.2) is 11.5 Å². The molecule has 0 heterocycles. The first-order valence-corrected chi connectivity index (χ1v) is 15.7. The standard InChI is InChI=1S/C29H28ClN3O7S2/c1-20-5-4-6-23(17-20)32-41(35,36)25-13-9-22(10-14-25)31-29(34)19-33(24-11-7-21(30)8-12-24)42(37,38)26-15-16-27(39-2)28(18-26)40-3/h4-18,32H,19H2,1-3H3,(H,31,34). The molecule has 2 N–H and O–H groups in total. The van der Waals surface area contributed by atoms with Crippen LogP contribution in [0.4, 0.5) is 17.1 Å². The Morgan fingerprint density at radius 3 is 2.05 bits per heavy atom. The Labute approximate surface area is 250 Å². The van der Waals surface area contributed by atoms with Gasteiger partial charge in [0, 0.05) is 22.5 Å². The Morgan fingerprint density at radius 2 is 1.43 bits per heavy atom. The number of carbonyl (C=O) groups excluding carboxylic acids is 1. The minimum absolute atomic E-state index is 0.0131. The molecular formula is C29H28ClN3O7S2. The van der Waals surface area contributed by atoms with E-state index in [0.29, 0.717) is 16.5 Å². The van der Waals surface area contributed by atoms with Crippen LogP contribution in [0.1, 0.15) is 5.56 Å². The monoisotopic (exact) mass is 629 g/mol. The second kappa shape index (κ2) is 12.7.